The van der Waals surface area contributed by atoms with Crippen LogP contribution in [0.2, 0.25) is 0 Å². The largest absolute Gasteiger partial charge is 0.495 e. The first-order chi connectivity index (χ1) is 11.5. The average molecular weight is 400 g/mol. The summed E-state index contributed by atoms with van der Waals surface area (Å²) in [6, 6.07) is 3.09. The highest BCUT2D eigenvalue weighted by Crippen LogP contribution is 2.35. The average Bonchev–Trinajstić information content (AvgIpc) is 2.59. The molecule has 0 bridgehead atoms. The fraction of sp³-hybridized carbons (Fsp3) is 0.529. The number of ether oxygens (including phenoxy) is 3. The van der Waals surface area contributed by atoms with Crippen molar-refractivity contribution in [2.75, 3.05) is 33.9 Å². The minimum absolute atomic E-state index is 0.161. The standard InChI is InChI=1S/C17H22BrNO5/c1-11-5-4-6-19(9-11)15(20)10-24-17(21)12-7-13(22-2)16(18)14(8-12)23-3/h7-8,11H,4-6,9-10H2,1-3H3/t11-/m1/s1. The van der Waals surface area contributed by atoms with Gasteiger partial charge in [0.15, 0.2) is 6.61 Å². The zero-order chi connectivity index (χ0) is 17.7. The molecule has 1 aromatic carbocycles. The van der Waals surface area contributed by atoms with E-state index in [1.165, 1.54) is 14.2 Å². The van der Waals surface area contributed by atoms with Crippen LogP contribution in [0.1, 0.15) is 30.1 Å². The van der Waals surface area contributed by atoms with E-state index in [2.05, 4.69) is 22.9 Å². The minimum Gasteiger partial charge on any atom is -0.495 e. The summed E-state index contributed by atoms with van der Waals surface area (Å²) in [5.74, 6) is 0.650. The van der Waals surface area contributed by atoms with Crippen LogP contribution in [0.4, 0.5) is 0 Å². The number of esters is 1. The molecule has 24 heavy (non-hydrogen) atoms. The molecule has 0 aromatic heterocycles. The second-order valence-electron chi connectivity index (χ2n) is 5.86. The molecule has 0 spiro atoms. The fourth-order valence-electron chi connectivity index (χ4n) is 2.71. The van der Waals surface area contributed by atoms with Crippen molar-refractivity contribution in [1.29, 1.82) is 0 Å². The zero-order valence-corrected chi connectivity index (χ0v) is 15.7. The number of piperidine rings is 1. The lowest BCUT2D eigenvalue weighted by Gasteiger charge is -2.30. The molecule has 1 heterocycles. The summed E-state index contributed by atoms with van der Waals surface area (Å²) in [6.07, 6.45) is 2.12. The van der Waals surface area contributed by atoms with Crippen molar-refractivity contribution in [2.45, 2.75) is 19.8 Å². The topological polar surface area (TPSA) is 65.1 Å². The SMILES string of the molecule is COc1cc(C(=O)OCC(=O)N2CCC[C@@H](C)C2)cc(OC)c1Br. The van der Waals surface area contributed by atoms with E-state index >= 15 is 0 Å². The molecule has 1 saturated heterocycles. The Morgan fingerprint density at radius 1 is 1.25 bits per heavy atom. The Morgan fingerprint density at radius 2 is 1.88 bits per heavy atom. The Balaban J connectivity index is 2.00. The maximum Gasteiger partial charge on any atom is 0.338 e. The van der Waals surface area contributed by atoms with E-state index in [1.807, 2.05) is 0 Å². The molecule has 1 aliphatic rings. The monoisotopic (exact) mass is 399 g/mol. The summed E-state index contributed by atoms with van der Waals surface area (Å²) in [5, 5.41) is 0. The maximum atomic E-state index is 12.2. The molecule has 6 nitrogen and oxygen atoms in total. The second-order valence-corrected chi connectivity index (χ2v) is 6.65. The van der Waals surface area contributed by atoms with Gasteiger partial charge in [0, 0.05) is 13.1 Å². The van der Waals surface area contributed by atoms with Crippen LogP contribution in [0.3, 0.4) is 0 Å². The van der Waals surface area contributed by atoms with Gasteiger partial charge in [0.1, 0.15) is 16.0 Å². The van der Waals surface area contributed by atoms with Crippen molar-refractivity contribution in [3.8, 4) is 11.5 Å². The molecule has 132 valence electrons. The summed E-state index contributed by atoms with van der Waals surface area (Å²) in [6.45, 7) is 3.30. The molecule has 0 N–H and O–H groups in total. The molecule has 0 aliphatic carbocycles. The molecule has 1 amide bonds. The number of likely N-dealkylation sites (tertiary alicyclic amines) is 1. The Kier molecular flexibility index (Phi) is 6.48. The lowest BCUT2D eigenvalue weighted by molar-refractivity contribution is -0.136. The summed E-state index contributed by atoms with van der Waals surface area (Å²) in [7, 11) is 2.99. The number of benzene rings is 1. The highest BCUT2D eigenvalue weighted by molar-refractivity contribution is 9.10. The van der Waals surface area contributed by atoms with Crippen molar-refractivity contribution in [3.63, 3.8) is 0 Å². The van der Waals surface area contributed by atoms with Crippen LogP contribution in [0.25, 0.3) is 0 Å². The molecule has 0 unspecified atom stereocenters. The number of methoxy groups -OCH3 is 2. The number of rotatable bonds is 5. The fourth-order valence-corrected chi connectivity index (χ4v) is 3.26. The van der Waals surface area contributed by atoms with Gasteiger partial charge in [-0.05, 0) is 46.8 Å². The Labute approximate surface area is 150 Å². The quantitative estimate of drug-likeness (QED) is 0.712. The molecule has 0 radical (unpaired) electrons. The minimum atomic E-state index is -0.586. The molecule has 0 saturated carbocycles. The van der Waals surface area contributed by atoms with Crippen LogP contribution < -0.4 is 9.47 Å². The van der Waals surface area contributed by atoms with Gasteiger partial charge in [0.25, 0.3) is 5.91 Å². The molecule has 1 aliphatic heterocycles. The summed E-state index contributed by atoms with van der Waals surface area (Å²) in [4.78, 5) is 26.2. The molecule has 1 aromatic rings. The van der Waals surface area contributed by atoms with E-state index < -0.39 is 5.97 Å². The first-order valence-electron chi connectivity index (χ1n) is 7.82. The predicted molar refractivity (Wildman–Crippen MR) is 92.5 cm³/mol. The highest BCUT2D eigenvalue weighted by Gasteiger charge is 2.22. The third-order valence-electron chi connectivity index (χ3n) is 4.02. The normalized spacial score (nSPS) is 17.3. The van der Waals surface area contributed by atoms with Crippen LogP contribution in [-0.4, -0.2) is 50.7 Å². The first-order valence-corrected chi connectivity index (χ1v) is 8.62. The second kappa shape index (κ2) is 8.37. The number of halogens is 1. The predicted octanol–water partition coefficient (Wildman–Crippen LogP) is 2.88. The summed E-state index contributed by atoms with van der Waals surface area (Å²) >= 11 is 3.34. The summed E-state index contributed by atoms with van der Waals surface area (Å²) < 4.78 is 16.2. The number of nitrogens with zero attached hydrogens (tertiary/aromatic N) is 1. The third kappa shape index (κ3) is 4.41. The van der Waals surface area contributed by atoms with E-state index in [1.54, 1.807) is 17.0 Å². The highest BCUT2D eigenvalue weighted by atomic mass is 79.9. The van der Waals surface area contributed by atoms with Gasteiger partial charge >= 0.3 is 5.97 Å². The van der Waals surface area contributed by atoms with Gasteiger partial charge in [-0.15, -0.1) is 0 Å². The van der Waals surface area contributed by atoms with Gasteiger partial charge in [-0.3, -0.25) is 4.79 Å². The summed E-state index contributed by atoms with van der Waals surface area (Å²) in [5.41, 5.74) is 0.270. The van der Waals surface area contributed by atoms with Crippen molar-refractivity contribution in [1.82, 2.24) is 4.90 Å². The number of carbonyl (C=O) groups excluding carboxylic acids is 2. The van der Waals surface area contributed by atoms with Gasteiger partial charge in [0.05, 0.1) is 19.8 Å². The zero-order valence-electron chi connectivity index (χ0n) is 14.1. The van der Waals surface area contributed by atoms with Gasteiger partial charge in [-0.1, -0.05) is 6.92 Å². The number of hydrogen-bond acceptors (Lipinski definition) is 5. The molecule has 7 heteroatoms. The lowest BCUT2D eigenvalue weighted by Crippen LogP contribution is -2.41. The third-order valence-corrected chi connectivity index (χ3v) is 4.80. The van der Waals surface area contributed by atoms with E-state index in [0.717, 1.165) is 25.9 Å². The Bertz CT molecular complexity index is 594. The van der Waals surface area contributed by atoms with E-state index in [9.17, 15) is 9.59 Å². The molecule has 2 rings (SSSR count). The first kappa shape index (κ1) is 18.6. The lowest BCUT2D eigenvalue weighted by atomic mass is 10.0. The van der Waals surface area contributed by atoms with Gasteiger partial charge < -0.3 is 19.1 Å². The molecule has 1 fully saturated rings. The Hall–Kier alpha value is -1.76. The molecule has 1 atom stereocenters. The van der Waals surface area contributed by atoms with Crippen LogP contribution in [-0.2, 0) is 9.53 Å². The number of carbonyl (C=O) groups is 2. The van der Waals surface area contributed by atoms with E-state index in [4.69, 9.17) is 14.2 Å². The van der Waals surface area contributed by atoms with E-state index in [0.29, 0.717) is 21.9 Å². The Morgan fingerprint density at radius 3 is 2.42 bits per heavy atom. The van der Waals surface area contributed by atoms with Gasteiger partial charge in [0.2, 0.25) is 0 Å². The van der Waals surface area contributed by atoms with Crippen LogP contribution in [0, 0.1) is 5.92 Å². The smallest absolute Gasteiger partial charge is 0.338 e. The number of amides is 1. The van der Waals surface area contributed by atoms with Crippen LogP contribution in [0.5, 0.6) is 11.5 Å². The van der Waals surface area contributed by atoms with Crippen LogP contribution >= 0.6 is 15.9 Å². The van der Waals surface area contributed by atoms with Crippen molar-refractivity contribution >= 4 is 27.8 Å². The maximum absolute atomic E-state index is 12.2. The van der Waals surface area contributed by atoms with Gasteiger partial charge in [-0.25, -0.2) is 4.79 Å². The van der Waals surface area contributed by atoms with Crippen LogP contribution in [0.15, 0.2) is 16.6 Å². The van der Waals surface area contributed by atoms with Gasteiger partial charge in [-0.2, -0.15) is 0 Å². The van der Waals surface area contributed by atoms with Crippen molar-refractivity contribution < 1.29 is 23.8 Å². The van der Waals surface area contributed by atoms with Crippen molar-refractivity contribution in [3.05, 3.63) is 22.2 Å². The number of hydrogen-bond donors (Lipinski definition) is 0. The molecular formula is C17H22BrNO5. The molecular weight excluding hydrogens is 378 g/mol. The van der Waals surface area contributed by atoms with Crippen molar-refractivity contribution in [2.24, 2.45) is 5.92 Å². The van der Waals surface area contributed by atoms with E-state index in [-0.39, 0.29) is 18.1 Å².